The minimum atomic E-state index is -1.69. The highest BCUT2D eigenvalue weighted by Crippen LogP contribution is 2.15. The van der Waals surface area contributed by atoms with Crippen LogP contribution in [-0.2, 0) is 14.9 Å². The van der Waals surface area contributed by atoms with Gasteiger partial charge in [-0.1, -0.05) is 36.0 Å². The van der Waals surface area contributed by atoms with Gasteiger partial charge in [0.15, 0.2) is 0 Å². The second-order valence-electron chi connectivity index (χ2n) is 4.38. The molecule has 5 heteroatoms. The summed E-state index contributed by atoms with van der Waals surface area (Å²) in [5.74, 6) is 0.855. The number of ether oxygens (including phenoxy) is 1. The second-order valence-corrected chi connectivity index (χ2v) is 9.97. The lowest BCUT2D eigenvalue weighted by Gasteiger charge is -2.20. The molecule has 0 saturated heterocycles. The molecule has 1 aromatic rings. The number of rotatable bonds is 5. The Bertz CT molecular complexity index is 390. The summed E-state index contributed by atoms with van der Waals surface area (Å²) in [5, 5.41) is 1.31. The molecule has 1 aromatic carbocycles. The molecule has 0 aliphatic heterocycles. The first-order chi connectivity index (χ1) is 8.49. The molecule has 0 aliphatic carbocycles. The number of hydrogen-bond donors (Lipinski definition) is 0. The maximum Gasteiger partial charge on any atom is 0.220 e. The maximum atomic E-state index is 5.59. The van der Waals surface area contributed by atoms with Gasteiger partial charge in [-0.3, -0.25) is 0 Å². The van der Waals surface area contributed by atoms with E-state index in [1.165, 1.54) is 10.8 Å². The van der Waals surface area contributed by atoms with Crippen LogP contribution in [0.3, 0.4) is 0 Å². The fraction of sp³-hybridized carbons (Fsp3) is 0.462. The van der Waals surface area contributed by atoms with Crippen LogP contribution >= 0.6 is 24.0 Å². The Morgan fingerprint density at radius 2 is 1.89 bits per heavy atom. The van der Waals surface area contributed by atoms with Crippen molar-refractivity contribution in [2.75, 3.05) is 13.7 Å². The zero-order chi connectivity index (χ0) is 13.6. The molecule has 0 saturated carbocycles. The molecule has 2 nitrogen and oxygen atoms in total. The number of thiocarbonyl (C=S) groups is 1. The van der Waals surface area contributed by atoms with E-state index in [1.54, 1.807) is 18.9 Å². The molecule has 0 spiro atoms. The molecule has 0 bridgehead atoms. The van der Waals surface area contributed by atoms with Gasteiger partial charge >= 0.3 is 0 Å². The third-order valence-electron chi connectivity index (χ3n) is 2.78. The molecule has 0 fully saturated rings. The Morgan fingerprint density at radius 1 is 1.28 bits per heavy atom. The molecule has 100 valence electrons. The molecule has 0 radical (unpaired) electrons. The first-order valence-electron chi connectivity index (χ1n) is 5.93. The quantitative estimate of drug-likeness (QED) is 0.613. The molecule has 18 heavy (non-hydrogen) atoms. The van der Waals surface area contributed by atoms with E-state index in [2.05, 4.69) is 37.4 Å². The van der Waals surface area contributed by atoms with Crippen molar-refractivity contribution in [2.24, 2.45) is 0 Å². The van der Waals surface area contributed by atoms with Crippen LogP contribution in [0.25, 0.3) is 0 Å². The minimum absolute atomic E-state index is 0.619. The summed E-state index contributed by atoms with van der Waals surface area (Å²) in [4.78, 5) is 0. The van der Waals surface area contributed by atoms with Gasteiger partial charge in [-0.15, -0.1) is 0 Å². The predicted octanol–water partition coefficient (Wildman–Crippen LogP) is 3.30. The van der Waals surface area contributed by atoms with Gasteiger partial charge in [-0.25, -0.2) is 0 Å². The van der Waals surface area contributed by atoms with Crippen LogP contribution in [0.4, 0.5) is 0 Å². The zero-order valence-electron chi connectivity index (χ0n) is 11.4. The van der Waals surface area contributed by atoms with E-state index in [9.17, 15) is 0 Å². The Labute approximate surface area is 120 Å². The lowest BCUT2D eigenvalue weighted by Crippen LogP contribution is -2.43. The highest BCUT2D eigenvalue weighted by atomic mass is 32.2. The van der Waals surface area contributed by atoms with Crippen LogP contribution in [0.15, 0.2) is 24.3 Å². The van der Waals surface area contributed by atoms with Gasteiger partial charge < -0.3 is 9.16 Å². The van der Waals surface area contributed by atoms with Crippen molar-refractivity contribution in [1.82, 2.24) is 0 Å². The summed E-state index contributed by atoms with van der Waals surface area (Å²) in [6, 6.07) is 8.61. The standard InChI is InChI=1S/C13H20O2S2Si/c1-5-15-13(16)17-10-11-6-8-12(9-7-11)18(3,4)14-2/h6-9H,5,10H2,1-4H3. The van der Waals surface area contributed by atoms with Crippen molar-refractivity contribution in [1.29, 1.82) is 0 Å². The van der Waals surface area contributed by atoms with Crippen molar-refractivity contribution >= 4 is 41.9 Å². The summed E-state index contributed by atoms with van der Waals surface area (Å²) in [6.45, 7) is 6.97. The Hall–Kier alpha value is -0.363. The van der Waals surface area contributed by atoms with Gasteiger partial charge in [0.25, 0.3) is 0 Å². The van der Waals surface area contributed by atoms with Gasteiger partial charge in [0, 0.05) is 12.9 Å². The molecule has 0 heterocycles. The van der Waals surface area contributed by atoms with Gasteiger partial charge in [0.1, 0.15) is 0 Å². The molecule has 0 amide bonds. The lowest BCUT2D eigenvalue weighted by molar-refractivity contribution is 0.346. The summed E-state index contributed by atoms with van der Waals surface area (Å²) >= 11 is 6.65. The topological polar surface area (TPSA) is 18.5 Å². The van der Waals surface area contributed by atoms with Gasteiger partial charge in [-0.05, 0) is 43.0 Å². The summed E-state index contributed by atoms with van der Waals surface area (Å²) in [6.07, 6.45) is 0. The molecular weight excluding hydrogens is 280 g/mol. The fourth-order valence-electron chi connectivity index (χ4n) is 1.42. The summed E-state index contributed by atoms with van der Waals surface area (Å²) in [7, 11) is 0.0972. The number of hydrogen-bond acceptors (Lipinski definition) is 4. The van der Waals surface area contributed by atoms with E-state index >= 15 is 0 Å². The average molecular weight is 301 g/mol. The van der Waals surface area contributed by atoms with Gasteiger partial charge in [0.05, 0.1) is 6.61 Å². The summed E-state index contributed by atoms with van der Waals surface area (Å²) < 4.78 is 11.4. The molecule has 1 rings (SSSR count). The first-order valence-corrected chi connectivity index (χ1v) is 10.2. The number of benzene rings is 1. The van der Waals surface area contributed by atoms with Crippen molar-refractivity contribution < 1.29 is 9.16 Å². The summed E-state index contributed by atoms with van der Waals surface area (Å²) in [5.41, 5.74) is 1.26. The van der Waals surface area contributed by atoms with Crippen LogP contribution in [0, 0.1) is 0 Å². The van der Waals surface area contributed by atoms with Crippen LogP contribution in [0.5, 0.6) is 0 Å². The molecular formula is C13H20O2S2Si. The van der Waals surface area contributed by atoms with Crippen molar-refractivity contribution in [3.63, 3.8) is 0 Å². The fourth-order valence-corrected chi connectivity index (χ4v) is 3.60. The Morgan fingerprint density at radius 3 is 2.39 bits per heavy atom. The molecule has 0 atom stereocenters. The van der Waals surface area contributed by atoms with Gasteiger partial charge in [-0.2, -0.15) is 0 Å². The third-order valence-corrected chi connectivity index (χ3v) is 6.83. The van der Waals surface area contributed by atoms with Crippen molar-refractivity contribution in [3.05, 3.63) is 29.8 Å². The van der Waals surface area contributed by atoms with Crippen molar-refractivity contribution in [3.8, 4) is 0 Å². The monoisotopic (exact) mass is 300 g/mol. The normalized spacial score (nSPS) is 11.3. The molecule has 0 N–H and O–H groups in total. The largest absolute Gasteiger partial charge is 0.479 e. The van der Waals surface area contributed by atoms with Crippen LogP contribution in [0.2, 0.25) is 13.1 Å². The number of thioether (sulfide) groups is 1. The minimum Gasteiger partial charge on any atom is -0.479 e. The van der Waals surface area contributed by atoms with E-state index < -0.39 is 8.32 Å². The van der Waals surface area contributed by atoms with E-state index in [0.717, 1.165) is 5.75 Å². The predicted molar refractivity (Wildman–Crippen MR) is 86.1 cm³/mol. The highest BCUT2D eigenvalue weighted by molar-refractivity contribution is 8.22. The molecule has 0 aromatic heterocycles. The Kier molecular flexibility index (Phi) is 6.35. The second kappa shape index (κ2) is 7.28. The average Bonchev–Trinajstić information content (AvgIpc) is 2.37. The van der Waals surface area contributed by atoms with Crippen molar-refractivity contribution in [2.45, 2.75) is 25.8 Å². The highest BCUT2D eigenvalue weighted by Gasteiger charge is 2.22. The molecule has 0 aliphatic rings. The van der Waals surface area contributed by atoms with E-state index in [0.29, 0.717) is 11.0 Å². The third kappa shape index (κ3) is 4.72. The first kappa shape index (κ1) is 15.7. The Balaban J connectivity index is 2.58. The van der Waals surface area contributed by atoms with Crippen LogP contribution in [0.1, 0.15) is 12.5 Å². The van der Waals surface area contributed by atoms with E-state index in [-0.39, 0.29) is 0 Å². The van der Waals surface area contributed by atoms with E-state index in [4.69, 9.17) is 21.4 Å². The smallest absolute Gasteiger partial charge is 0.220 e. The van der Waals surface area contributed by atoms with Crippen LogP contribution < -0.4 is 5.19 Å². The van der Waals surface area contributed by atoms with Crippen LogP contribution in [-0.4, -0.2) is 26.4 Å². The van der Waals surface area contributed by atoms with Gasteiger partial charge in [0.2, 0.25) is 12.7 Å². The zero-order valence-corrected chi connectivity index (χ0v) is 14.0. The lowest BCUT2D eigenvalue weighted by atomic mass is 10.2. The maximum absolute atomic E-state index is 5.59. The molecule has 0 unspecified atom stereocenters. The van der Waals surface area contributed by atoms with E-state index in [1.807, 2.05) is 6.92 Å². The SMILES string of the molecule is CCOC(=S)SCc1ccc([Si](C)(C)OC)cc1.